The fraction of sp³-hybridized carbons (Fsp3) is 0.538. The van der Waals surface area contributed by atoms with E-state index in [2.05, 4.69) is 44.8 Å². The number of aliphatic hydroxyl groups excluding tert-OH is 1. The zero-order valence-corrected chi connectivity index (χ0v) is 21.6. The molecule has 0 spiro atoms. The van der Waals surface area contributed by atoms with Gasteiger partial charge >= 0.3 is 0 Å². The standard InChI is InChI=1S/C26H37N5O4/c1-7-20(8-2)35-23-12-17(3)24-29-30(25(27)31(24)28-23)16-22(33)18-13-19(26(4,5)6)15-21(14-18)34-11-9-10-32/h12-15,20,27,32H,7-11,16H2,1-6H3. The number of hydrogen-bond donors (Lipinski definition) is 2. The van der Waals surface area contributed by atoms with Crippen molar-refractivity contribution >= 4 is 11.4 Å². The lowest BCUT2D eigenvalue weighted by molar-refractivity contribution is 0.0964. The number of aryl methyl sites for hydroxylation is 1. The molecule has 0 aliphatic heterocycles. The van der Waals surface area contributed by atoms with E-state index in [1.807, 2.05) is 25.1 Å². The van der Waals surface area contributed by atoms with Crippen molar-refractivity contribution in [2.75, 3.05) is 13.2 Å². The first kappa shape index (κ1) is 26.4. The first-order valence-corrected chi connectivity index (χ1v) is 12.2. The number of nitrogens with zero attached hydrogens (tertiary/aromatic N) is 4. The normalized spacial score (nSPS) is 11.9. The Hall–Kier alpha value is -3.20. The van der Waals surface area contributed by atoms with Gasteiger partial charge in [0.25, 0.3) is 0 Å². The minimum atomic E-state index is -0.186. The minimum Gasteiger partial charge on any atom is -0.493 e. The zero-order chi connectivity index (χ0) is 25.8. The van der Waals surface area contributed by atoms with Crippen LogP contribution < -0.4 is 15.1 Å². The number of hydrogen-bond acceptors (Lipinski definition) is 7. The second-order valence-corrected chi connectivity index (χ2v) is 9.78. The molecule has 190 valence electrons. The number of rotatable bonds is 11. The van der Waals surface area contributed by atoms with Crippen molar-refractivity contribution in [2.24, 2.45) is 0 Å². The first-order chi connectivity index (χ1) is 16.6. The van der Waals surface area contributed by atoms with Gasteiger partial charge in [0.05, 0.1) is 12.7 Å². The molecular weight excluding hydrogens is 446 g/mol. The van der Waals surface area contributed by atoms with E-state index in [0.717, 1.165) is 24.0 Å². The van der Waals surface area contributed by atoms with Gasteiger partial charge in [0.1, 0.15) is 12.3 Å². The summed E-state index contributed by atoms with van der Waals surface area (Å²) in [6.45, 7) is 12.5. The molecule has 35 heavy (non-hydrogen) atoms. The van der Waals surface area contributed by atoms with Crippen molar-refractivity contribution in [3.8, 4) is 11.6 Å². The highest BCUT2D eigenvalue weighted by atomic mass is 16.5. The van der Waals surface area contributed by atoms with Gasteiger partial charge in [-0.3, -0.25) is 10.2 Å². The molecule has 2 N–H and O–H groups in total. The molecule has 0 atom stereocenters. The highest BCUT2D eigenvalue weighted by Gasteiger charge is 2.20. The summed E-state index contributed by atoms with van der Waals surface area (Å²) in [7, 11) is 0. The summed E-state index contributed by atoms with van der Waals surface area (Å²) in [6, 6.07) is 7.32. The van der Waals surface area contributed by atoms with Crippen LogP contribution in [0.4, 0.5) is 0 Å². The van der Waals surface area contributed by atoms with Gasteiger partial charge in [-0.15, -0.1) is 10.2 Å². The maximum Gasteiger partial charge on any atom is 0.242 e. The predicted octanol–water partition coefficient (Wildman–Crippen LogP) is 3.83. The van der Waals surface area contributed by atoms with Crippen molar-refractivity contribution in [3.63, 3.8) is 0 Å². The molecule has 9 heteroatoms. The molecule has 0 saturated carbocycles. The Balaban J connectivity index is 1.93. The Kier molecular flexibility index (Phi) is 8.32. The van der Waals surface area contributed by atoms with Gasteiger partial charge in [0.15, 0.2) is 11.4 Å². The minimum absolute atomic E-state index is 0.00200. The molecule has 9 nitrogen and oxygen atoms in total. The van der Waals surface area contributed by atoms with E-state index in [-0.39, 0.29) is 36.1 Å². The summed E-state index contributed by atoms with van der Waals surface area (Å²) < 4.78 is 14.5. The average molecular weight is 484 g/mol. The maximum absolute atomic E-state index is 13.3. The van der Waals surface area contributed by atoms with Gasteiger partial charge in [0, 0.05) is 30.2 Å². The molecular formula is C26H37N5O4. The summed E-state index contributed by atoms with van der Waals surface area (Å²) in [5.41, 5.74) is 2.59. The molecule has 0 radical (unpaired) electrons. The Bertz CT molecular complexity index is 1230. The molecule has 1 aromatic carbocycles. The molecule has 0 aliphatic carbocycles. The van der Waals surface area contributed by atoms with Gasteiger partial charge in [-0.25, -0.2) is 4.68 Å². The smallest absolute Gasteiger partial charge is 0.242 e. The van der Waals surface area contributed by atoms with Crippen molar-refractivity contribution in [1.29, 1.82) is 5.41 Å². The van der Waals surface area contributed by atoms with E-state index >= 15 is 0 Å². The second kappa shape index (κ2) is 11.0. The fourth-order valence-electron chi connectivity index (χ4n) is 3.68. The molecule has 0 fully saturated rings. The second-order valence-electron chi connectivity index (χ2n) is 9.78. The number of ketones is 1. The number of Topliss-reactive ketones (excluding diaryl/α,β-unsaturated/α-hetero) is 1. The SMILES string of the molecule is CCC(CC)Oc1cc(C)c2nn(CC(=O)c3cc(OCCCO)cc(C(C)(C)C)c3)c(=N)n2n1. The van der Waals surface area contributed by atoms with Crippen molar-refractivity contribution in [3.05, 3.63) is 46.6 Å². The third-order valence-corrected chi connectivity index (χ3v) is 5.91. The summed E-state index contributed by atoms with van der Waals surface area (Å²) in [6.07, 6.45) is 2.29. The molecule has 0 aliphatic rings. The molecule has 0 unspecified atom stereocenters. The van der Waals surface area contributed by atoms with Gasteiger partial charge in [-0.1, -0.05) is 34.6 Å². The Morgan fingerprint density at radius 2 is 1.86 bits per heavy atom. The van der Waals surface area contributed by atoms with E-state index in [9.17, 15) is 4.79 Å². The van der Waals surface area contributed by atoms with Crippen LogP contribution in [0.25, 0.3) is 5.65 Å². The summed E-state index contributed by atoms with van der Waals surface area (Å²) in [4.78, 5) is 13.3. The largest absolute Gasteiger partial charge is 0.493 e. The number of carbonyl (C=O) groups is 1. The number of benzene rings is 1. The Morgan fingerprint density at radius 1 is 1.14 bits per heavy atom. The summed E-state index contributed by atoms with van der Waals surface area (Å²) in [5, 5.41) is 26.6. The molecule has 2 aromatic heterocycles. The molecule has 3 rings (SSSR count). The van der Waals surface area contributed by atoms with E-state index in [4.69, 9.17) is 20.0 Å². The van der Waals surface area contributed by atoms with Crippen LogP contribution in [0.2, 0.25) is 0 Å². The number of ether oxygens (including phenoxy) is 2. The van der Waals surface area contributed by atoms with Gasteiger partial charge in [0.2, 0.25) is 11.5 Å². The molecule has 2 heterocycles. The fourth-order valence-corrected chi connectivity index (χ4v) is 3.68. The lowest BCUT2D eigenvalue weighted by Crippen LogP contribution is -2.27. The van der Waals surface area contributed by atoms with Crippen LogP contribution in [-0.2, 0) is 12.0 Å². The number of fused-ring (bicyclic) bond motifs is 1. The maximum atomic E-state index is 13.3. The Labute approximate surface area is 206 Å². The van der Waals surface area contributed by atoms with E-state index in [0.29, 0.717) is 35.9 Å². The molecule has 0 saturated heterocycles. The predicted molar refractivity (Wildman–Crippen MR) is 133 cm³/mol. The van der Waals surface area contributed by atoms with E-state index in [1.165, 1.54) is 9.20 Å². The van der Waals surface area contributed by atoms with Crippen molar-refractivity contribution in [2.45, 2.75) is 78.9 Å². The van der Waals surface area contributed by atoms with Crippen LogP contribution >= 0.6 is 0 Å². The number of aromatic nitrogens is 4. The first-order valence-electron chi connectivity index (χ1n) is 12.2. The van der Waals surface area contributed by atoms with Crippen LogP contribution in [0.5, 0.6) is 11.6 Å². The highest BCUT2D eigenvalue weighted by Crippen LogP contribution is 2.28. The lowest BCUT2D eigenvalue weighted by Gasteiger charge is -2.21. The van der Waals surface area contributed by atoms with E-state index in [1.54, 1.807) is 6.07 Å². The quantitative estimate of drug-likeness (QED) is 0.316. The molecule has 0 bridgehead atoms. The van der Waals surface area contributed by atoms with Crippen LogP contribution in [0.15, 0.2) is 24.3 Å². The lowest BCUT2D eigenvalue weighted by atomic mass is 9.85. The number of aliphatic hydroxyl groups is 1. The van der Waals surface area contributed by atoms with Gasteiger partial charge in [-0.2, -0.15) is 4.52 Å². The van der Waals surface area contributed by atoms with Gasteiger partial charge in [-0.05, 0) is 48.9 Å². The van der Waals surface area contributed by atoms with Crippen LogP contribution in [0, 0.1) is 12.3 Å². The van der Waals surface area contributed by atoms with E-state index < -0.39 is 0 Å². The molecule has 3 aromatic rings. The Morgan fingerprint density at radius 3 is 2.49 bits per heavy atom. The zero-order valence-electron chi connectivity index (χ0n) is 21.6. The highest BCUT2D eigenvalue weighted by molar-refractivity contribution is 5.96. The van der Waals surface area contributed by atoms with Crippen LogP contribution in [-0.4, -0.2) is 49.6 Å². The third kappa shape index (κ3) is 6.28. The molecule has 0 amide bonds. The summed E-state index contributed by atoms with van der Waals surface area (Å²) in [5.74, 6) is 0.841. The van der Waals surface area contributed by atoms with Crippen LogP contribution in [0.3, 0.4) is 0 Å². The van der Waals surface area contributed by atoms with Gasteiger partial charge < -0.3 is 14.6 Å². The van der Waals surface area contributed by atoms with Crippen LogP contribution in [0.1, 0.15) is 75.4 Å². The topological polar surface area (TPSA) is 115 Å². The monoisotopic (exact) mass is 483 g/mol. The number of nitrogens with one attached hydrogen (secondary N) is 1. The van der Waals surface area contributed by atoms with Crippen molar-refractivity contribution in [1.82, 2.24) is 19.4 Å². The number of carbonyl (C=O) groups excluding carboxylic acids is 1. The summed E-state index contributed by atoms with van der Waals surface area (Å²) >= 11 is 0. The van der Waals surface area contributed by atoms with Crippen molar-refractivity contribution < 1.29 is 19.4 Å². The third-order valence-electron chi connectivity index (χ3n) is 5.91. The average Bonchev–Trinajstić information content (AvgIpc) is 3.12.